The SMILES string of the molecule is [O-]c1ccc[n+](-c2ccccn2)c1. The Morgan fingerprint density at radius 1 is 1.15 bits per heavy atom. The van der Waals surface area contributed by atoms with Gasteiger partial charge in [-0.05, 0) is 17.1 Å². The molecule has 3 heteroatoms. The fourth-order valence-corrected chi connectivity index (χ4v) is 1.10. The van der Waals surface area contributed by atoms with Crippen molar-refractivity contribution in [2.45, 2.75) is 0 Å². The van der Waals surface area contributed by atoms with Crippen molar-refractivity contribution in [1.29, 1.82) is 0 Å². The molecule has 64 valence electrons. The zero-order valence-electron chi connectivity index (χ0n) is 6.92. The molecule has 0 aromatic carbocycles. The molecule has 2 rings (SSSR count). The first kappa shape index (κ1) is 7.73. The second-order valence-corrected chi connectivity index (χ2v) is 2.63. The highest BCUT2D eigenvalue weighted by Gasteiger charge is 2.02. The zero-order chi connectivity index (χ0) is 9.10. The summed E-state index contributed by atoms with van der Waals surface area (Å²) in [5.74, 6) is 0.730. The lowest BCUT2D eigenvalue weighted by Crippen LogP contribution is -2.31. The van der Waals surface area contributed by atoms with Crippen LogP contribution < -0.4 is 9.67 Å². The molecule has 0 unspecified atom stereocenters. The molecule has 2 heterocycles. The van der Waals surface area contributed by atoms with Gasteiger partial charge in [-0.1, -0.05) is 17.9 Å². The van der Waals surface area contributed by atoms with Crippen molar-refractivity contribution in [2.75, 3.05) is 0 Å². The maximum Gasteiger partial charge on any atom is 0.327 e. The summed E-state index contributed by atoms with van der Waals surface area (Å²) in [6, 6.07) is 8.79. The minimum absolute atomic E-state index is 0.0202. The molecule has 0 aliphatic heterocycles. The highest BCUT2D eigenvalue weighted by Crippen LogP contribution is 1.98. The molecule has 0 amide bonds. The Hall–Kier alpha value is -1.90. The van der Waals surface area contributed by atoms with Crippen molar-refractivity contribution in [2.24, 2.45) is 0 Å². The summed E-state index contributed by atoms with van der Waals surface area (Å²) in [4.78, 5) is 4.11. The van der Waals surface area contributed by atoms with Crippen molar-refractivity contribution in [3.8, 4) is 11.6 Å². The van der Waals surface area contributed by atoms with Gasteiger partial charge in [0.1, 0.15) is 6.20 Å². The number of pyridine rings is 2. The molecule has 0 aliphatic rings. The fraction of sp³-hybridized carbons (Fsp3) is 0. The first-order valence-corrected chi connectivity index (χ1v) is 3.96. The van der Waals surface area contributed by atoms with Gasteiger partial charge in [0.15, 0.2) is 0 Å². The minimum Gasteiger partial charge on any atom is -0.870 e. The molecule has 13 heavy (non-hydrogen) atoms. The van der Waals surface area contributed by atoms with E-state index in [9.17, 15) is 5.11 Å². The molecule has 0 saturated carbocycles. The molecule has 0 fully saturated rings. The predicted molar refractivity (Wildman–Crippen MR) is 45.2 cm³/mol. The average molecular weight is 172 g/mol. The lowest BCUT2D eigenvalue weighted by atomic mass is 10.4. The quantitative estimate of drug-likeness (QED) is 0.585. The third-order valence-corrected chi connectivity index (χ3v) is 1.69. The van der Waals surface area contributed by atoms with Crippen molar-refractivity contribution < 1.29 is 9.67 Å². The Bertz CT molecular complexity index is 401. The Morgan fingerprint density at radius 2 is 2.08 bits per heavy atom. The summed E-state index contributed by atoms with van der Waals surface area (Å²) >= 11 is 0. The zero-order valence-corrected chi connectivity index (χ0v) is 6.92. The van der Waals surface area contributed by atoms with Crippen LogP contribution in [-0.4, -0.2) is 4.98 Å². The van der Waals surface area contributed by atoms with Gasteiger partial charge in [-0.2, -0.15) is 0 Å². The molecule has 0 radical (unpaired) electrons. The second-order valence-electron chi connectivity index (χ2n) is 2.63. The summed E-state index contributed by atoms with van der Waals surface area (Å²) < 4.78 is 1.70. The van der Waals surface area contributed by atoms with Crippen LogP contribution in [0, 0.1) is 0 Å². The van der Waals surface area contributed by atoms with E-state index in [1.54, 1.807) is 23.0 Å². The molecular weight excluding hydrogens is 164 g/mol. The van der Waals surface area contributed by atoms with Crippen LogP contribution in [0.2, 0.25) is 0 Å². The molecule has 2 aromatic rings. The van der Waals surface area contributed by atoms with E-state index in [0.29, 0.717) is 0 Å². The number of nitrogens with zero attached hydrogens (tertiary/aromatic N) is 2. The van der Waals surface area contributed by atoms with Crippen molar-refractivity contribution in [1.82, 2.24) is 4.98 Å². The number of rotatable bonds is 1. The van der Waals surface area contributed by atoms with Gasteiger partial charge in [0, 0.05) is 6.07 Å². The van der Waals surface area contributed by atoms with Gasteiger partial charge in [-0.3, -0.25) is 0 Å². The van der Waals surface area contributed by atoms with Crippen LogP contribution in [0.1, 0.15) is 0 Å². The lowest BCUT2D eigenvalue weighted by Gasteiger charge is -2.02. The predicted octanol–water partition coefficient (Wildman–Crippen LogP) is 0.432. The van der Waals surface area contributed by atoms with Crippen LogP contribution in [0.25, 0.3) is 5.82 Å². The average Bonchev–Trinajstić information content (AvgIpc) is 2.19. The first-order valence-electron chi connectivity index (χ1n) is 3.96. The van der Waals surface area contributed by atoms with Crippen LogP contribution >= 0.6 is 0 Å². The van der Waals surface area contributed by atoms with Gasteiger partial charge in [-0.15, -0.1) is 0 Å². The fourth-order valence-electron chi connectivity index (χ4n) is 1.10. The third kappa shape index (κ3) is 1.64. The van der Waals surface area contributed by atoms with Gasteiger partial charge in [0.25, 0.3) is 0 Å². The summed E-state index contributed by atoms with van der Waals surface area (Å²) in [6.07, 6.45) is 4.99. The summed E-state index contributed by atoms with van der Waals surface area (Å²) in [5.41, 5.74) is 0. The minimum atomic E-state index is -0.0202. The van der Waals surface area contributed by atoms with Gasteiger partial charge < -0.3 is 5.11 Å². The molecule has 0 atom stereocenters. The molecule has 0 saturated heterocycles. The lowest BCUT2D eigenvalue weighted by molar-refractivity contribution is -0.603. The van der Waals surface area contributed by atoms with Crippen LogP contribution in [0.3, 0.4) is 0 Å². The van der Waals surface area contributed by atoms with E-state index in [2.05, 4.69) is 4.98 Å². The number of aromatic nitrogens is 2. The highest BCUT2D eigenvalue weighted by molar-refractivity contribution is 5.13. The topological polar surface area (TPSA) is 39.8 Å². The van der Waals surface area contributed by atoms with Gasteiger partial charge in [0.2, 0.25) is 0 Å². The van der Waals surface area contributed by atoms with E-state index in [-0.39, 0.29) is 5.75 Å². The third-order valence-electron chi connectivity index (χ3n) is 1.69. The monoisotopic (exact) mass is 172 g/mol. The van der Waals surface area contributed by atoms with Crippen molar-refractivity contribution >= 4 is 0 Å². The second kappa shape index (κ2) is 3.23. The number of hydrogen-bond acceptors (Lipinski definition) is 2. The van der Waals surface area contributed by atoms with E-state index in [1.807, 2.05) is 18.2 Å². The van der Waals surface area contributed by atoms with Gasteiger partial charge in [-0.25, -0.2) is 4.57 Å². The summed E-state index contributed by atoms with van der Waals surface area (Å²) in [7, 11) is 0. The molecule has 3 nitrogen and oxygen atoms in total. The highest BCUT2D eigenvalue weighted by atomic mass is 16.3. The Labute approximate surface area is 75.9 Å². The van der Waals surface area contributed by atoms with Crippen LogP contribution in [0.15, 0.2) is 48.9 Å². The van der Waals surface area contributed by atoms with Gasteiger partial charge >= 0.3 is 5.82 Å². The standard InChI is InChI=1S/C10H8N2O/c13-9-4-3-7-12(8-9)10-5-1-2-6-11-10/h1-8H. The van der Waals surface area contributed by atoms with E-state index < -0.39 is 0 Å². The van der Waals surface area contributed by atoms with Crippen LogP contribution in [0.4, 0.5) is 0 Å². The largest absolute Gasteiger partial charge is 0.870 e. The molecule has 0 bridgehead atoms. The number of hydrogen-bond donors (Lipinski definition) is 0. The van der Waals surface area contributed by atoms with E-state index in [0.717, 1.165) is 5.82 Å². The van der Waals surface area contributed by atoms with Crippen molar-refractivity contribution in [3.05, 3.63) is 48.9 Å². The maximum atomic E-state index is 11.0. The molecule has 0 N–H and O–H groups in total. The van der Waals surface area contributed by atoms with Crippen LogP contribution in [-0.2, 0) is 0 Å². The first-order chi connectivity index (χ1) is 6.36. The smallest absolute Gasteiger partial charge is 0.327 e. The normalized spacial score (nSPS) is 9.85. The van der Waals surface area contributed by atoms with Crippen LogP contribution in [0.5, 0.6) is 5.75 Å². The molecule has 0 spiro atoms. The van der Waals surface area contributed by atoms with E-state index >= 15 is 0 Å². The Morgan fingerprint density at radius 3 is 2.77 bits per heavy atom. The maximum absolute atomic E-state index is 11.0. The molecule has 2 aromatic heterocycles. The molecule has 0 aliphatic carbocycles. The van der Waals surface area contributed by atoms with E-state index in [1.165, 1.54) is 12.3 Å². The van der Waals surface area contributed by atoms with Crippen molar-refractivity contribution in [3.63, 3.8) is 0 Å². The summed E-state index contributed by atoms with van der Waals surface area (Å²) in [5, 5.41) is 11.0. The van der Waals surface area contributed by atoms with Gasteiger partial charge in [0.05, 0.1) is 12.4 Å². The summed E-state index contributed by atoms with van der Waals surface area (Å²) in [6.45, 7) is 0. The Kier molecular flexibility index (Phi) is 1.92. The van der Waals surface area contributed by atoms with E-state index in [4.69, 9.17) is 0 Å². The molecular formula is C10H8N2O. The Balaban J connectivity index is 2.48.